The summed E-state index contributed by atoms with van der Waals surface area (Å²) in [4.78, 5) is 20.9. The van der Waals surface area contributed by atoms with Crippen molar-refractivity contribution in [3.8, 4) is 11.5 Å². The molecule has 0 saturated carbocycles. The molecule has 0 unspecified atom stereocenters. The van der Waals surface area contributed by atoms with Gasteiger partial charge in [-0.3, -0.25) is 4.98 Å². The van der Waals surface area contributed by atoms with Crippen molar-refractivity contribution in [1.82, 2.24) is 9.97 Å². The Balaban J connectivity index is 2.05. The molecule has 2 aromatic carbocycles. The normalized spacial score (nSPS) is 10.5. The minimum absolute atomic E-state index is 0.0290. The van der Waals surface area contributed by atoms with E-state index in [1.54, 1.807) is 13.0 Å². The highest BCUT2D eigenvalue weighted by Gasteiger charge is 2.26. The number of carbonyl (C=O) groups is 1. The monoisotopic (exact) mass is 371 g/mol. The number of benzene rings is 2. The number of nitrogens with one attached hydrogen (secondary N) is 1. The Morgan fingerprint density at radius 3 is 2.59 bits per heavy atom. The fourth-order valence-electron chi connectivity index (χ4n) is 2.61. The lowest BCUT2D eigenvalue weighted by Crippen LogP contribution is -2.11. The van der Waals surface area contributed by atoms with Crippen molar-refractivity contribution < 1.29 is 23.4 Å². The van der Waals surface area contributed by atoms with Crippen molar-refractivity contribution >= 4 is 28.5 Å². The van der Waals surface area contributed by atoms with Gasteiger partial charge in [-0.25, -0.2) is 14.2 Å². The maximum atomic E-state index is 15.0. The van der Waals surface area contributed by atoms with E-state index in [4.69, 9.17) is 14.2 Å². The lowest BCUT2D eigenvalue weighted by atomic mass is 10.1. The van der Waals surface area contributed by atoms with Crippen molar-refractivity contribution in [2.75, 3.05) is 26.1 Å². The first-order valence-electron chi connectivity index (χ1n) is 8.19. The number of carbonyl (C=O) groups excluding carboxylic acids is 1. The van der Waals surface area contributed by atoms with Gasteiger partial charge >= 0.3 is 5.97 Å². The van der Waals surface area contributed by atoms with Crippen LogP contribution in [-0.2, 0) is 4.74 Å². The van der Waals surface area contributed by atoms with E-state index >= 15 is 0 Å². The third kappa shape index (κ3) is 3.59. The van der Waals surface area contributed by atoms with Crippen LogP contribution >= 0.6 is 0 Å². The molecule has 0 bridgehead atoms. The summed E-state index contributed by atoms with van der Waals surface area (Å²) in [5.74, 6) is -1.33. The van der Waals surface area contributed by atoms with Crippen LogP contribution < -0.4 is 14.8 Å². The van der Waals surface area contributed by atoms with Crippen LogP contribution in [0.5, 0.6) is 11.5 Å². The van der Waals surface area contributed by atoms with Crippen molar-refractivity contribution in [2.45, 2.75) is 6.92 Å². The zero-order valence-electron chi connectivity index (χ0n) is 15.1. The lowest BCUT2D eigenvalue weighted by molar-refractivity contribution is 0.0518. The molecule has 0 amide bonds. The molecule has 140 valence electrons. The lowest BCUT2D eigenvalue weighted by Gasteiger charge is -2.16. The smallest absolute Gasteiger partial charge is 0.345 e. The number of hydrogen-bond acceptors (Lipinski definition) is 7. The first-order valence-corrected chi connectivity index (χ1v) is 8.19. The summed E-state index contributed by atoms with van der Waals surface area (Å²) in [6, 6.07) is 8.66. The molecule has 0 aliphatic heterocycles. The molecule has 3 aromatic rings. The molecule has 8 heteroatoms. The number of methoxy groups -OCH3 is 2. The van der Waals surface area contributed by atoms with Gasteiger partial charge in [0.2, 0.25) is 0 Å². The number of anilines is 2. The molecular formula is C19H18FN3O4. The van der Waals surface area contributed by atoms with Crippen molar-refractivity contribution in [3.05, 3.63) is 47.9 Å². The van der Waals surface area contributed by atoms with Crippen LogP contribution in [0.1, 0.15) is 17.3 Å². The van der Waals surface area contributed by atoms with Gasteiger partial charge in [0.1, 0.15) is 17.1 Å². The zero-order chi connectivity index (χ0) is 19.4. The summed E-state index contributed by atoms with van der Waals surface area (Å²) in [6.45, 7) is 1.79. The fraction of sp³-hybridized carbons (Fsp3) is 0.211. The quantitative estimate of drug-likeness (QED) is 0.662. The Bertz CT molecular complexity index is 994. The van der Waals surface area contributed by atoms with E-state index < -0.39 is 11.8 Å². The summed E-state index contributed by atoms with van der Waals surface area (Å²) in [5.41, 5.74) is 1.29. The van der Waals surface area contributed by atoms with Gasteiger partial charge in [0, 0.05) is 6.07 Å². The highest BCUT2D eigenvalue weighted by molar-refractivity contribution is 5.97. The number of hydrogen-bond donors (Lipinski definition) is 1. The molecular weight excluding hydrogens is 353 g/mol. The number of nitrogens with zero attached hydrogens (tertiary/aromatic N) is 2. The largest absolute Gasteiger partial charge is 0.496 e. The van der Waals surface area contributed by atoms with E-state index in [0.29, 0.717) is 11.3 Å². The Morgan fingerprint density at radius 2 is 1.93 bits per heavy atom. The van der Waals surface area contributed by atoms with Gasteiger partial charge in [0.25, 0.3) is 0 Å². The van der Waals surface area contributed by atoms with E-state index in [2.05, 4.69) is 15.3 Å². The average Bonchev–Trinajstić information content (AvgIpc) is 2.69. The summed E-state index contributed by atoms with van der Waals surface area (Å²) in [5, 5.41) is 2.85. The van der Waals surface area contributed by atoms with Gasteiger partial charge in [-0.1, -0.05) is 12.1 Å². The molecule has 3 rings (SSSR count). The fourth-order valence-corrected chi connectivity index (χ4v) is 2.61. The molecule has 0 spiro atoms. The highest BCUT2D eigenvalue weighted by atomic mass is 19.1. The van der Waals surface area contributed by atoms with Gasteiger partial charge in [0.15, 0.2) is 11.6 Å². The van der Waals surface area contributed by atoms with E-state index in [1.807, 2.05) is 18.2 Å². The Kier molecular flexibility index (Phi) is 5.35. The third-order valence-electron chi connectivity index (χ3n) is 3.80. The van der Waals surface area contributed by atoms with Crippen LogP contribution in [0.15, 0.2) is 36.5 Å². The second kappa shape index (κ2) is 7.86. The molecule has 1 aromatic heterocycles. The van der Waals surface area contributed by atoms with Gasteiger partial charge in [-0.15, -0.1) is 0 Å². The second-order valence-electron chi connectivity index (χ2n) is 5.44. The topological polar surface area (TPSA) is 82.6 Å². The number of rotatable bonds is 6. The van der Waals surface area contributed by atoms with E-state index in [9.17, 15) is 9.18 Å². The van der Waals surface area contributed by atoms with Crippen LogP contribution in [0.3, 0.4) is 0 Å². The van der Waals surface area contributed by atoms with E-state index in [0.717, 1.165) is 5.52 Å². The minimum Gasteiger partial charge on any atom is -0.496 e. The van der Waals surface area contributed by atoms with Crippen molar-refractivity contribution in [3.63, 3.8) is 0 Å². The Morgan fingerprint density at radius 1 is 1.19 bits per heavy atom. The first kappa shape index (κ1) is 18.4. The molecule has 1 N–H and O–H groups in total. The minimum atomic E-state index is -0.767. The van der Waals surface area contributed by atoms with Gasteiger partial charge in [0.05, 0.1) is 43.7 Å². The van der Waals surface area contributed by atoms with Crippen LogP contribution in [0.25, 0.3) is 11.0 Å². The van der Waals surface area contributed by atoms with Crippen LogP contribution in [0, 0.1) is 5.82 Å². The highest BCUT2D eigenvalue weighted by Crippen LogP contribution is 2.38. The SMILES string of the molecule is CCOC(=O)c1c(OC)cc(Nc2cnc3ccccc3n2)c(F)c1OC. The molecule has 0 fully saturated rings. The second-order valence-corrected chi connectivity index (χ2v) is 5.44. The Labute approximate surface area is 155 Å². The Hall–Kier alpha value is -3.42. The molecule has 0 atom stereocenters. The standard InChI is InChI=1S/C19H18FN3O4/c1-4-27-19(24)16-14(25-2)9-13(17(20)18(16)26-3)23-15-10-21-11-7-5-6-8-12(11)22-15/h5-10H,4H2,1-3H3,(H,22,23). The number of para-hydroxylation sites is 2. The summed E-state index contributed by atoms with van der Waals surface area (Å²) in [7, 11) is 2.63. The number of esters is 1. The zero-order valence-corrected chi connectivity index (χ0v) is 15.1. The predicted octanol–water partition coefficient (Wildman–Crippen LogP) is 3.71. The number of ether oxygens (including phenoxy) is 3. The molecule has 0 aliphatic rings. The maximum Gasteiger partial charge on any atom is 0.345 e. The molecule has 1 heterocycles. The van der Waals surface area contributed by atoms with Crippen LogP contribution in [0.2, 0.25) is 0 Å². The predicted molar refractivity (Wildman–Crippen MR) is 98.3 cm³/mol. The first-order chi connectivity index (χ1) is 13.1. The van der Waals surface area contributed by atoms with Gasteiger partial charge in [-0.2, -0.15) is 0 Å². The van der Waals surface area contributed by atoms with Crippen molar-refractivity contribution in [2.24, 2.45) is 0 Å². The van der Waals surface area contributed by atoms with Crippen LogP contribution in [-0.4, -0.2) is 36.8 Å². The molecule has 27 heavy (non-hydrogen) atoms. The summed E-state index contributed by atoms with van der Waals surface area (Å²) in [6.07, 6.45) is 1.49. The van der Waals surface area contributed by atoms with E-state index in [-0.39, 0.29) is 29.4 Å². The van der Waals surface area contributed by atoms with Gasteiger partial charge < -0.3 is 19.5 Å². The van der Waals surface area contributed by atoms with E-state index in [1.165, 1.54) is 26.5 Å². The third-order valence-corrected chi connectivity index (χ3v) is 3.80. The molecule has 0 radical (unpaired) electrons. The van der Waals surface area contributed by atoms with Crippen molar-refractivity contribution in [1.29, 1.82) is 0 Å². The molecule has 0 aliphatic carbocycles. The molecule has 0 saturated heterocycles. The number of aromatic nitrogens is 2. The summed E-state index contributed by atoms with van der Waals surface area (Å²) < 4.78 is 30.3. The maximum absolute atomic E-state index is 15.0. The average molecular weight is 371 g/mol. The number of fused-ring (bicyclic) bond motifs is 1. The number of halogens is 1. The molecule has 7 nitrogen and oxygen atoms in total. The summed E-state index contributed by atoms with van der Waals surface area (Å²) >= 11 is 0. The van der Waals surface area contributed by atoms with Crippen LogP contribution in [0.4, 0.5) is 15.9 Å². The van der Waals surface area contributed by atoms with Gasteiger partial charge in [-0.05, 0) is 19.1 Å².